The van der Waals surface area contributed by atoms with Crippen LogP contribution in [0.15, 0.2) is 30.5 Å². The van der Waals surface area contributed by atoms with Gasteiger partial charge in [0.05, 0.1) is 17.6 Å². The third-order valence-corrected chi connectivity index (χ3v) is 3.30. The molecular formula is C14H16F2N4O. The summed E-state index contributed by atoms with van der Waals surface area (Å²) in [6, 6.07) is 6.28. The monoisotopic (exact) mass is 294 g/mol. The lowest BCUT2D eigenvalue weighted by atomic mass is 10.3. The number of hydrogen-bond donors (Lipinski definition) is 1. The molecule has 0 bridgehead atoms. The summed E-state index contributed by atoms with van der Waals surface area (Å²) in [5, 5.41) is 11.4. The maximum atomic E-state index is 12.1. The molecule has 1 fully saturated rings. The average Bonchev–Trinajstić information content (AvgIpc) is 3.16. The molecule has 3 rings (SSSR count). The van der Waals surface area contributed by atoms with Crippen LogP contribution in [0, 0.1) is 5.92 Å². The second-order valence-electron chi connectivity index (χ2n) is 5.10. The maximum absolute atomic E-state index is 12.1. The molecule has 0 aliphatic heterocycles. The third kappa shape index (κ3) is 3.98. The van der Waals surface area contributed by atoms with Gasteiger partial charge in [-0.25, -0.2) is 4.68 Å². The number of nitrogens with one attached hydrogen (secondary N) is 1. The number of halogens is 2. The van der Waals surface area contributed by atoms with Crippen molar-refractivity contribution in [2.45, 2.75) is 26.0 Å². The molecule has 1 N–H and O–H groups in total. The molecular weight excluding hydrogens is 278 g/mol. The van der Waals surface area contributed by atoms with Crippen molar-refractivity contribution in [1.29, 1.82) is 0 Å². The minimum Gasteiger partial charge on any atom is -0.435 e. The molecule has 1 aromatic heterocycles. The highest BCUT2D eigenvalue weighted by Crippen LogP contribution is 2.27. The maximum Gasteiger partial charge on any atom is 0.387 e. The summed E-state index contributed by atoms with van der Waals surface area (Å²) in [5.74, 6) is 0.947. The summed E-state index contributed by atoms with van der Waals surface area (Å²) in [4.78, 5) is 0. The average molecular weight is 294 g/mol. The zero-order chi connectivity index (χ0) is 14.7. The molecule has 1 saturated carbocycles. The van der Waals surface area contributed by atoms with Crippen molar-refractivity contribution < 1.29 is 13.5 Å². The van der Waals surface area contributed by atoms with E-state index in [0.29, 0.717) is 6.54 Å². The second-order valence-corrected chi connectivity index (χ2v) is 5.10. The molecule has 1 aromatic carbocycles. The van der Waals surface area contributed by atoms with Gasteiger partial charge in [-0.3, -0.25) is 0 Å². The first kappa shape index (κ1) is 13.9. The molecule has 112 valence electrons. The Kier molecular flexibility index (Phi) is 4.10. The Hall–Kier alpha value is -2.02. The van der Waals surface area contributed by atoms with Crippen LogP contribution in [0.4, 0.5) is 8.78 Å². The van der Waals surface area contributed by atoms with Crippen molar-refractivity contribution in [3.8, 4) is 11.4 Å². The van der Waals surface area contributed by atoms with E-state index < -0.39 is 6.61 Å². The predicted octanol–water partition coefficient (Wildman–Crippen LogP) is 2.37. The number of aromatic nitrogens is 3. The first-order valence-corrected chi connectivity index (χ1v) is 6.88. The number of rotatable bonds is 7. The molecule has 0 amide bonds. The molecule has 5 nitrogen and oxygen atoms in total. The standard InChI is InChI=1S/C14H16F2N4O/c15-14(16)21-13-5-3-12(4-6-13)20-9-11(18-19-20)8-17-7-10-1-2-10/h3-6,9-10,14,17H,1-2,7-8H2. The fourth-order valence-electron chi connectivity index (χ4n) is 2.01. The summed E-state index contributed by atoms with van der Waals surface area (Å²) in [6.45, 7) is -1.11. The van der Waals surface area contributed by atoms with Gasteiger partial charge in [0.1, 0.15) is 5.75 Å². The summed E-state index contributed by atoms with van der Waals surface area (Å²) >= 11 is 0. The Bertz CT molecular complexity index is 581. The van der Waals surface area contributed by atoms with Crippen molar-refractivity contribution >= 4 is 0 Å². The summed E-state index contributed by atoms with van der Waals surface area (Å²) in [5.41, 5.74) is 1.60. The van der Waals surface area contributed by atoms with E-state index in [9.17, 15) is 8.78 Å². The van der Waals surface area contributed by atoms with Crippen LogP contribution in [0.3, 0.4) is 0 Å². The molecule has 2 aromatic rings. The van der Waals surface area contributed by atoms with Gasteiger partial charge < -0.3 is 10.1 Å². The van der Waals surface area contributed by atoms with Gasteiger partial charge in [-0.05, 0) is 49.6 Å². The number of nitrogens with zero attached hydrogens (tertiary/aromatic N) is 3. The number of ether oxygens (including phenoxy) is 1. The van der Waals surface area contributed by atoms with E-state index in [1.807, 2.05) is 6.20 Å². The smallest absolute Gasteiger partial charge is 0.387 e. The summed E-state index contributed by atoms with van der Waals surface area (Å²) < 4.78 is 30.1. The van der Waals surface area contributed by atoms with E-state index in [1.54, 1.807) is 16.8 Å². The fraction of sp³-hybridized carbons (Fsp3) is 0.429. The molecule has 7 heteroatoms. The second kappa shape index (κ2) is 6.17. The van der Waals surface area contributed by atoms with Gasteiger partial charge in [-0.1, -0.05) is 5.21 Å². The number of hydrogen-bond acceptors (Lipinski definition) is 4. The topological polar surface area (TPSA) is 52.0 Å². The van der Waals surface area contributed by atoms with Gasteiger partial charge >= 0.3 is 6.61 Å². The van der Waals surface area contributed by atoms with E-state index >= 15 is 0 Å². The lowest BCUT2D eigenvalue weighted by Crippen LogP contribution is -2.16. The highest BCUT2D eigenvalue weighted by Gasteiger charge is 2.20. The van der Waals surface area contributed by atoms with Gasteiger partial charge in [-0.2, -0.15) is 8.78 Å². The van der Waals surface area contributed by atoms with Crippen LogP contribution >= 0.6 is 0 Å². The molecule has 1 aliphatic rings. The van der Waals surface area contributed by atoms with Crippen LogP contribution in [0.5, 0.6) is 5.75 Å². The molecule has 1 heterocycles. The van der Waals surface area contributed by atoms with Crippen molar-refractivity contribution in [3.63, 3.8) is 0 Å². The number of benzene rings is 1. The molecule has 21 heavy (non-hydrogen) atoms. The SMILES string of the molecule is FC(F)Oc1ccc(-n2cc(CNCC3CC3)nn2)cc1. The van der Waals surface area contributed by atoms with Crippen molar-refractivity contribution in [2.75, 3.05) is 6.54 Å². The summed E-state index contributed by atoms with van der Waals surface area (Å²) in [7, 11) is 0. The van der Waals surface area contributed by atoms with Crippen molar-refractivity contribution in [2.24, 2.45) is 5.92 Å². The van der Waals surface area contributed by atoms with Crippen LogP contribution in [0.1, 0.15) is 18.5 Å². The highest BCUT2D eigenvalue weighted by molar-refractivity contribution is 5.36. The van der Waals surface area contributed by atoms with E-state index in [-0.39, 0.29) is 5.75 Å². The Labute approximate surface area is 120 Å². The Morgan fingerprint density at radius 1 is 1.29 bits per heavy atom. The van der Waals surface area contributed by atoms with Crippen LogP contribution in [-0.2, 0) is 6.54 Å². The van der Waals surface area contributed by atoms with Crippen LogP contribution in [0.25, 0.3) is 5.69 Å². The predicted molar refractivity (Wildman–Crippen MR) is 72.4 cm³/mol. The Balaban J connectivity index is 1.59. The van der Waals surface area contributed by atoms with E-state index in [0.717, 1.165) is 23.8 Å². The first-order valence-electron chi connectivity index (χ1n) is 6.88. The molecule has 1 aliphatic carbocycles. The lowest BCUT2D eigenvalue weighted by Gasteiger charge is -2.05. The highest BCUT2D eigenvalue weighted by atomic mass is 19.3. The quantitative estimate of drug-likeness (QED) is 0.852. The van der Waals surface area contributed by atoms with Crippen LogP contribution in [0.2, 0.25) is 0 Å². The Morgan fingerprint density at radius 3 is 2.71 bits per heavy atom. The van der Waals surface area contributed by atoms with E-state index in [2.05, 4.69) is 20.4 Å². The lowest BCUT2D eigenvalue weighted by molar-refractivity contribution is -0.0498. The third-order valence-electron chi connectivity index (χ3n) is 3.30. The number of alkyl halides is 2. The normalized spacial score (nSPS) is 14.6. The van der Waals surface area contributed by atoms with Crippen LogP contribution in [-0.4, -0.2) is 28.2 Å². The van der Waals surface area contributed by atoms with Gasteiger partial charge in [0.25, 0.3) is 0 Å². The fourth-order valence-corrected chi connectivity index (χ4v) is 2.01. The molecule has 0 atom stereocenters. The van der Waals surface area contributed by atoms with Crippen LogP contribution < -0.4 is 10.1 Å². The minimum absolute atomic E-state index is 0.125. The molecule has 0 unspecified atom stereocenters. The Morgan fingerprint density at radius 2 is 2.05 bits per heavy atom. The minimum atomic E-state index is -2.81. The molecule has 0 spiro atoms. The van der Waals surface area contributed by atoms with E-state index in [4.69, 9.17) is 0 Å². The van der Waals surface area contributed by atoms with E-state index in [1.165, 1.54) is 25.0 Å². The molecule has 0 saturated heterocycles. The van der Waals surface area contributed by atoms with Gasteiger partial charge in [0.15, 0.2) is 0 Å². The van der Waals surface area contributed by atoms with Gasteiger partial charge in [0, 0.05) is 6.54 Å². The first-order chi connectivity index (χ1) is 10.2. The van der Waals surface area contributed by atoms with Gasteiger partial charge in [-0.15, -0.1) is 5.10 Å². The zero-order valence-corrected chi connectivity index (χ0v) is 11.4. The van der Waals surface area contributed by atoms with Gasteiger partial charge in [0.2, 0.25) is 0 Å². The van der Waals surface area contributed by atoms with Crippen molar-refractivity contribution in [3.05, 3.63) is 36.2 Å². The van der Waals surface area contributed by atoms with Crippen molar-refractivity contribution in [1.82, 2.24) is 20.3 Å². The molecule has 0 radical (unpaired) electrons. The largest absolute Gasteiger partial charge is 0.435 e. The zero-order valence-electron chi connectivity index (χ0n) is 11.4. The summed E-state index contributed by atoms with van der Waals surface area (Å²) in [6.07, 6.45) is 4.45.